The van der Waals surface area contributed by atoms with E-state index in [-0.39, 0.29) is 0 Å². The van der Waals surface area contributed by atoms with E-state index >= 15 is 0 Å². The van der Waals surface area contributed by atoms with Gasteiger partial charge in [0.25, 0.3) is 0 Å². The molecule has 92 valence electrons. The van der Waals surface area contributed by atoms with Crippen molar-refractivity contribution in [2.24, 2.45) is 7.05 Å². The molecule has 6 nitrogen and oxygen atoms in total. The van der Waals surface area contributed by atoms with Gasteiger partial charge in [0, 0.05) is 39.3 Å². The summed E-state index contributed by atoms with van der Waals surface area (Å²) < 4.78 is 3.94. The van der Waals surface area contributed by atoms with Crippen LogP contribution < -0.4 is 5.32 Å². The Balaban J connectivity index is 1.75. The van der Waals surface area contributed by atoms with E-state index in [2.05, 4.69) is 27.5 Å². The molecule has 6 heteroatoms. The fourth-order valence-corrected chi connectivity index (χ4v) is 1.75. The van der Waals surface area contributed by atoms with E-state index in [1.807, 2.05) is 28.6 Å². The SMILES string of the molecule is CCn1nccc1CNCCc1nncn1C. The van der Waals surface area contributed by atoms with E-state index in [4.69, 9.17) is 0 Å². The molecular formula is C11H18N6. The molecule has 0 unspecified atom stereocenters. The van der Waals surface area contributed by atoms with Crippen LogP contribution in [-0.2, 0) is 26.6 Å². The van der Waals surface area contributed by atoms with Crippen LogP contribution in [0.4, 0.5) is 0 Å². The van der Waals surface area contributed by atoms with Crippen LogP contribution in [0.3, 0.4) is 0 Å². The van der Waals surface area contributed by atoms with Gasteiger partial charge in [-0.05, 0) is 13.0 Å². The van der Waals surface area contributed by atoms with Crippen molar-refractivity contribution in [2.45, 2.75) is 26.4 Å². The van der Waals surface area contributed by atoms with Crippen molar-refractivity contribution in [3.8, 4) is 0 Å². The van der Waals surface area contributed by atoms with Crippen molar-refractivity contribution in [1.29, 1.82) is 0 Å². The molecule has 0 saturated carbocycles. The number of nitrogens with zero attached hydrogens (tertiary/aromatic N) is 5. The standard InChI is InChI=1S/C11H18N6/c1-3-17-10(4-7-14-17)8-12-6-5-11-15-13-9-16(11)2/h4,7,9,12H,3,5-6,8H2,1-2H3. The molecule has 0 fully saturated rings. The van der Waals surface area contributed by atoms with Gasteiger partial charge in [0.05, 0.1) is 5.69 Å². The van der Waals surface area contributed by atoms with Gasteiger partial charge in [-0.1, -0.05) is 0 Å². The summed E-state index contributed by atoms with van der Waals surface area (Å²) in [5.41, 5.74) is 1.21. The van der Waals surface area contributed by atoms with E-state index < -0.39 is 0 Å². The van der Waals surface area contributed by atoms with Gasteiger partial charge >= 0.3 is 0 Å². The van der Waals surface area contributed by atoms with Crippen LogP contribution in [0.1, 0.15) is 18.4 Å². The number of aryl methyl sites for hydroxylation is 2. The van der Waals surface area contributed by atoms with Crippen molar-refractivity contribution >= 4 is 0 Å². The zero-order chi connectivity index (χ0) is 12.1. The van der Waals surface area contributed by atoms with Crippen LogP contribution in [0.2, 0.25) is 0 Å². The monoisotopic (exact) mass is 234 g/mol. The lowest BCUT2D eigenvalue weighted by Crippen LogP contribution is -2.20. The van der Waals surface area contributed by atoms with Crippen LogP contribution in [-0.4, -0.2) is 31.1 Å². The second-order valence-corrected chi connectivity index (χ2v) is 3.92. The summed E-state index contributed by atoms with van der Waals surface area (Å²) in [4.78, 5) is 0. The first-order valence-electron chi connectivity index (χ1n) is 5.85. The highest BCUT2D eigenvalue weighted by Crippen LogP contribution is 1.98. The summed E-state index contributed by atoms with van der Waals surface area (Å²) in [6.07, 6.45) is 4.45. The average molecular weight is 234 g/mol. The van der Waals surface area contributed by atoms with Gasteiger partial charge in [-0.25, -0.2) is 0 Å². The Morgan fingerprint density at radius 1 is 1.41 bits per heavy atom. The molecule has 0 amide bonds. The highest BCUT2D eigenvalue weighted by Gasteiger charge is 2.02. The number of nitrogens with one attached hydrogen (secondary N) is 1. The van der Waals surface area contributed by atoms with Gasteiger partial charge in [-0.3, -0.25) is 4.68 Å². The largest absolute Gasteiger partial charge is 0.321 e. The van der Waals surface area contributed by atoms with Gasteiger partial charge < -0.3 is 9.88 Å². The first-order chi connectivity index (χ1) is 8.31. The summed E-state index contributed by atoms with van der Waals surface area (Å²) in [6, 6.07) is 2.04. The van der Waals surface area contributed by atoms with Gasteiger partial charge in [-0.15, -0.1) is 10.2 Å². The van der Waals surface area contributed by atoms with E-state index in [1.54, 1.807) is 6.33 Å². The zero-order valence-electron chi connectivity index (χ0n) is 10.3. The minimum Gasteiger partial charge on any atom is -0.321 e. The average Bonchev–Trinajstić information content (AvgIpc) is 2.93. The highest BCUT2D eigenvalue weighted by atomic mass is 15.3. The molecule has 0 atom stereocenters. The zero-order valence-corrected chi connectivity index (χ0v) is 10.3. The summed E-state index contributed by atoms with van der Waals surface area (Å²) in [6.45, 7) is 4.73. The van der Waals surface area contributed by atoms with E-state index in [9.17, 15) is 0 Å². The minimum absolute atomic E-state index is 0.839. The van der Waals surface area contributed by atoms with E-state index in [0.29, 0.717) is 0 Å². The van der Waals surface area contributed by atoms with Gasteiger partial charge in [0.1, 0.15) is 12.2 Å². The number of hydrogen-bond acceptors (Lipinski definition) is 4. The quantitative estimate of drug-likeness (QED) is 0.733. The molecule has 0 radical (unpaired) electrons. The molecule has 2 aromatic rings. The van der Waals surface area contributed by atoms with Crippen molar-refractivity contribution in [3.63, 3.8) is 0 Å². The minimum atomic E-state index is 0.839. The van der Waals surface area contributed by atoms with Gasteiger partial charge in [0.2, 0.25) is 0 Å². The van der Waals surface area contributed by atoms with Crippen molar-refractivity contribution in [3.05, 3.63) is 30.1 Å². The van der Waals surface area contributed by atoms with Crippen LogP contribution >= 0.6 is 0 Å². The maximum atomic E-state index is 4.23. The van der Waals surface area contributed by atoms with E-state index in [1.165, 1.54) is 5.69 Å². The second kappa shape index (κ2) is 5.58. The summed E-state index contributed by atoms with van der Waals surface area (Å²) in [5, 5.41) is 15.5. The van der Waals surface area contributed by atoms with Crippen LogP contribution in [0.15, 0.2) is 18.6 Å². The van der Waals surface area contributed by atoms with Gasteiger partial charge in [0.15, 0.2) is 0 Å². The lowest BCUT2D eigenvalue weighted by atomic mass is 10.3. The summed E-state index contributed by atoms with van der Waals surface area (Å²) in [7, 11) is 1.96. The maximum absolute atomic E-state index is 4.23. The molecule has 0 saturated heterocycles. The third kappa shape index (κ3) is 2.91. The highest BCUT2D eigenvalue weighted by molar-refractivity contribution is 5.00. The molecule has 0 aromatic carbocycles. The Morgan fingerprint density at radius 3 is 3.00 bits per heavy atom. The number of hydrogen-bond donors (Lipinski definition) is 1. The molecule has 2 rings (SSSR count). The van der Waals surface area contributed by atoms with E-state index in [0.717, 1.165) is 31.9 Å². The Hall–Kier alpha value is -1.69. The lowest BCUT2D eigenvalue weighted by molar-refractivity contribution is 0.576. The third-order valence-electron chi connectivity index (χ3n) is 2.74. The summed E-state index contributed by atoms with van der Waals surface area (Å²) in [5.74, 6) is 1.00. The number of aromatic nitrogens is 5. The number of rotatable bonds is 6. The second-order valence-electron chi connectivity index (χ2n) is 3.92. The van der Waals surface area contributed by atoms with Crippen molar-refractivity contribution in [1.82, 2.24) is 29.9 Å². The Morgan fingerprint density at radius 2 is 2.29 bits per heavy atom. The predicted octanol–water partition coefficient (Wildman–Crippen LogP) is 0.364. The van der Waals surface area contributed by atoms with Crippen LogP contribution in [0, 0.1) is 0 Å². The molecule has 0 bridgehead atoms. The molecular weight excluding hydrogens is 216 g/mol. The molecule has 2 aromatic heterocycles. The van der Waals surface area contributed by atoms with Crippen molar-refractivity contribution in [2.75, 3.05) is 6.54 Å². The third-order valence-corrected chi connectivity index (χ3v) is 2.74. The molecule has 17 heavy (non-hydrogen) atoms. The van der Waals surface area contributed by atoms with Crippen molar-refractivity contribution < 1.29 is 0 Å². The molecule has 0 spiro atoms. The summed E-state index contributed by atoms with van der Waals surface area (Å²) >= 11 is 0. The predicted molar refractivity (Wildman–Crippen MR) is 64.3 cm³/mol. The molecule has 2 heterocycles. The molecule has 0 aliphatic heterocycles. The lowest BCUT2D eigenvalue weighted by Gasteiger charge is -2.06. The Kier molecular flexibility index (Phi) is 3.87. The smallest absolute Gasteiger partial charge is 0.133 e. The fourth-order valence-electron chi connectivity index (χ4n) is 1.75. The maximum Gasteiger partial charge on any atom is 0.133 e. The topological polar surface area (TPSA) is 60.6 Å². The Labute approximate surface area is 101 Å². The first-order valence-corrected chi connectivity index (χ1v) is 5.85. The fraction of sp³-hybridized carbons (Fsp3) is 0.545. The molecule has 1 N–H and O–H groups in total. The van der Waals surface area contributed by atoms with Crippen LogP contribution in [0.25, 0.3) is 0 Å². The van der Waals surface area contributed by atoms with Gasteiger partial charge in [-0.2, -0.15) is 5.10 Å². The molecule has 0 aliphatic rings. The Bertz CT molecular complexity index is 458. The normalized spacial score (nSPS) is 10.9. The molecule has 0 aliphatic carbocycles. The van der Waals surface area contributed by atoms with Crippen LogP contribution in [0.5, 0.6) is 0 Å². The first kappa shape index (κ1) is 11.8.